The molecule has 2 aromatic rings. The van der Waals surface area contributed by atoms with Gasteiger partial charge in [0.25, 0.3) is 0 Å². The van der Waals surface area contributed by atoms with Gasteiger partial charge in [-0.1, -0.05) is 36.7 Å². The number of benzene rings is 1. The lowest BCUT2D eigenvalue weighted by atomic mass is 10.2. The van der Waals surface area contributed by atoms with Crippen LogP contribution < -0.4 is 10.1 Å². The average molecular weight is 353 g/mol. The maximum atomic E-state index is 12.2. The number of nitrogens with zero attached hydrogens (tertiary/aromatic N) is 1. The van der Waals surface area contributed by atoms with Crippen molar-refractivity contribution in [2.75, 3.05) is 20.2 Å². The van der Waals surface area contributed by atoms with Gasteiger partial charge in [-0.25, -0.2) is 0 Å². The van der Waals surface area contributed by atoms with Crippen molar-refractivity contribution >= 4 is 28.8 Å². The summed E-state index contributed by atoms with van der Waals surface area (Å²) in [5, 5.41) is 2.95. The van der Waals surface area contributed by atoms with E-state index in [1.54, 1.807) is 18.4 Å². The molecule has 0 unspecified atom stereocenters. The average Bonchev–Trinajstić information content (AvgIpc) is 2.97. The number of nitrogens with one attached hydrogen (secondary N) is 1. The first-order valence-electron chi connectivity index (χ1n) is 7.47. The van der Waals surface area contributed by atoms with Crippen molar-refractivity contribution in [2.45, 2.75) is 20.0 Å². The van der Waals surface area contributed by atoms with E-state index < -0.39 is 0 Å². The van der Waals surface area contributed by atoms with E-state index in [0.717, 1.165) is 33.6 Å². The number of thiophene rings is 1. The highest BCUT2D eigenvalue weighted by Gasteiger charge is 2.11. The van der Waals surface area contributed by atoms with Crippen LogP contribution in [0.2, 0.25) is 4.34 Å². The summed E-state index contributed by atoms with van der Waals surface area (Å²) in [7, 11) is 1.63. The van der Waals surface area contributed by atoms with Gasteiger partial charge in [-0.15, -0.1) is 11.3 Å². The number of para-hydroxylation sites is 1. The lowest BCUT2D eigenvalue weighted by Gasteiger charge is -2.19. The number of hydrogen-bond donors (Lipinski definition) is 1. The molecule has 2 rings (SSSR count). The molecule has 1 heterocycles. The summed E-state index contributed by atoms with van der Waals surface area (Å²) < 4.78 is 6.06. The van der Waals surface area contributed by atoms with Crippen LogP contribution in [-0.2, 0) is 17.9 Å². The van der Waals surface area contributed by atoms with Gasteiger partial charge in [-0.2, -0.15) is 0 Å². The van der Waals surface area contributed by atoms with Crippen molar-refractivity contribution in [1.29, 1.82) is 0 Å². The van der Waals surface area contributed by atoms with Crippen LogP contribution in [-0.4, -0.2) is 31.0 Å². The molecule has 0 saturated heterocycles. The normalized spacial score (nSPS) is 10.8. The Morgan fingerprint density at radius 2 is 2.09 bits per heavy atom. The van der Waals surface area contributed by atoms with Gasteiger partial charge >= 0.3 is 0 Å². The van der Waals surface area contributed by atoms with E-state index in [0.29, 0.717) is 13.1 Å². The molecule has 124 valence electrons. The second-order valence-corrected chi connectivity index (χ2v) is 6.90. The summed E-state index contributed by atoms with van der Waals surface area (Å²) in [6, 6.07) is 11.6. The first-order valence-corrected chi connectivity index (χ1v) is 8.67. The minimum absolute atomic E-state index is 0.000379. The molecule has 0 radical (unpaired) electrons. The highest BCUT2D eigenvalue weighted by molar-refractivity contribution is 7.16. The molecule has 0 bridgehead atoms. The third-order valence-corrected chi connectivity index (χ3v) is 4.71. The van der Waals surface area contributed by atoms with Crippen molar-refractivity contribution in [3.63, 3.8) is 0 Å². The Hall–Kier alpha value is -1.56. The van der Waals surface area contributed by atoms with Crippen LogP contribution in [0.15, 0.2) is 36.4 Å². The van der Waals surface area contributed by atoms with Crippen molar-refractivity contribution in [1.82, 2.24) is 10.2 Å². The predicted octanol–water partition coefficient (Wildman–Crippen LogP) is 3.55. The van der Waals surface area contributed by atoms with Crippen LogP contribution >= 0.6 is 22.9 Å². The Morgan fingerprint density at radius 3 is 2.74 bits per heavy atom. The smallest absolute Gasteiger partial charge is 0.234 e. The third-order valence-electron chi connectivity index (χ3n) is 3.49. The standard InChI is InChI=1S/C17H21ClN2O2S/c1-3-20(11-14-8-9-16(18)23-14)12-17(21)19-10-13-6-4-5-7-15(13)22-2/h4-9H,3,10-12H2,1-2H3,(H,19,21). The van der Waals surface area contributed by atoms with E-state index in [9.17, 15) is 4.79 Å². The van der Waals surface area contributed by atoms with Gasteiger partial charge in [0, 0.05) is 23.5 Å². The lowest BCUT2D eigenvalue weighted by Crippen LogP contribution is -2.36. The summed E-state index contributed by atoms with van der Waals surface area (Å²) in [6.45, 7) is 4.41. The number of amides is 1. The van der Waals surface area contributed by atoms with Gasteiger partial charge in [0.05, 0.1) is 18.0 Å². The van der Waals surface area contributed by atoms with Crippen molar-refractivity contribution < 1.29 is 9.53 Å². The monoisotopic (exact) mass is 352 g/mol. The zero-order valence-corrected chi connectivity index (χ0v) is 14.9. The van der Waals surface area contributed by atoms with Crippen molar-refractivity contribution in [2.24, 2.45) is 0 Å². The largest absolute Gasteiger partial charge is 0.496 e. The van der Waals surface area contributed by atoms with Gasteiger partial charge in [0.15, 0.2) is 0 Å². The van der Waals surface area contributed by atoms with Crippen LogP contribution in [0.4, 0.5) is 0 Å². The molecule has 0 spiro atoms. The summed E-state index contributed by atoms with van der Waals surface area (Å²) in [5.74, 6) is 0.786. The fourth-order valence-corrected chi connectivity index (χ4v) is 3.37. The number of rotatable bonds is 8. The Kier molecular flexibility index (Phi) is 6.89. The van der Waals surface area contributed by atoms with Gasteiger partial charge in [-0.05, 0) is 24.7 Å². The van der Waals surface area contributed by atoms with Gasteiger partial charge in [-0.3, -0.25) is 9.69 Å². The predicted molar refractivity (Wildman–Crippen MR) is 95.1 cm³/mol. The highest BCUT2D eigenvalue weighted by Crippen LogP contribution is 2.22. The molecule has 0 fully saturated rings. The minimum atomic E-state index is 0.000379. The van der Waals surface area contributed by atoms with E-state index >= 15 is 0 Å². The summed E-state index contributed by atoms with van der Waals surface area (Å²) in [4.78, 5) is 15.4. The third kappa shape index (κ3) is 5.53. The molecule has 0 saturated carbocycles. The lowest BCUT2D eigenvalue weighted by molar-refractivity contribution is -0.122. The molecule has 1 N–H and O–H groups in total. The van der Waals surface area contributed by atoms with E-state index in [4.69, 9.17) is 16.3 Å². The molecule has 23 heavy (non-hydrogen) atoms. The molecule has 0 aliphatic rings. The van der Waals surface area contributed by atoms with Crippen LogP contribution in [0, 0.1) is 0 Å². The molecule has 6 heteroatoms. The molecule has 4 nitrogen and oxygen atoms in total. The molecular weight excluding hydrogens is 332 g/mol. The SMILES string of the molecule is CCN(CC(=O)NCc1ccccc1OC)Cc1ccc(Cl)s1. The van der Waals surface area contributed by atoms with Gasteiger partial charge in [0.2, 0.25) is 5.91 Å². The van der Waals surface area contributed by atoms with Crippen LogP contribution in [0.5, 0.6) is 5.75 Å². The second-order valence-electron chi connectivity index (χ2n) is 5.10. The second kappa shape index (κ2) is 8.91. The van der Waals surface area contributed by atoms with E-state index in [1.165, 1.54) is 0 Å². The fourth-order valence-electron chi connectivity index (χ4n) is 2.24. The maximum absolute atomic E-state index is 12.2. The summed E-state index contributed by atoms with van der Waals surface area (Å²) in [5.41, 5.74) is 0.969. The molecule has 0 atom stereocenters. The number of halogens is 1. The first kappa shape index (κ1) is 17.8. The van der Waals surface area contributed by atoms with Crippen LogP contribution in [0.1, 0.15) is 17.4 Å². The molecule has 1 aromatic carbocycles. The summed E-state index contributed by atoms with van der Waals surface area (Å²) in [6.07, 6.45) is 0. The van der Waals surface area contributed by atoms with E-state index in [1.807, 2.05) is 43.3 Å². The van der Waals surface area contributed by atoms with Crippen molar-refractivity contribution in [3.05, 3.63) is 51.2 Å². The van der Waals surface area contributed by atoms with Crippen LogP contribution in [0.3, 0.4) is 0 Å². The minimum Gasteiger partial charge on any atom is -0.496 e. The topological polar surface area (TPSA) is 41.6 Å². The quantitative estimate of drug-likeness (QED) is 0.790. The number of likely N-dealkylation sites (N-methyl/N-ethyl adjacent to an activating group) is 1. The molecule has 1 aromatic heterocycles. The van der Waals surface area contributed by atoms with Crippen molar-refractivity contribution in [3.8, 4) is 5.75 Å². The van der Waals surface area contributed by atoms with Gasteiger partial charge in [0.1, 0.15) is 5.75 Å². The number of methoxy groups -OCH3 is 1. The number of carbonyl (C=O) groups is 1. The number of carbonyl (C=O) groups excluding carboxylic acids is 1. The molecule has 0 aliphatic heterocycles. The molecular formula is C17H21ClN2O2S. The Labute approximate surface area is 146 Å². The van der Waals surface area contributed by atoms with E-state index in [2.05, 4.69) is 10.2 Å². The molecule has 1 amide bonds. The number of hydrogen-bond acceptors (Lipinski definition) is 4. The Morgan fingerprint density at radius 1 is 1.30 bits per heavy atom. The van der Waals surface area contributed by atoms with E-state index in [-0.39, 0.29) is 5.91 Å². The molecule has 0 aliphatic carbocycles. The van der Waals surface area contributed by atoms with Gasteiger partial charge < -0.3 is 10.1 Å². The summed E-state index contributed by atoms with van der Waals surface area (Å²) >= 11 is 7.50. The fraction of sp³-hybridized carbons (Fsp3) is 0.353. The Balaban J connectivity index is 1.85. The zero-order chi connectivity index (χ0) is 16.7. The maximum Gasteiger partial charge on any atom is 0.234 e. The zero-order valence-electron chi connectivity index (χ0n) is 13.3. The Bertz CT molecular complexity index is 645. The van der Waals surface area contributed by atoms with Crippen LogP contribution in [0.25, 0.3) is 0 Å². The number of ether oxygens (including phenoxy) is 1. The first-order chi connectivity index (χ1) is 11.1. The highest BCUT2D eigenvalue weighted by atomic mass is 35.5.